The van der Waals surface area contributed by atoms with Gasteiger partial charge in [-0.05, 0) is 69.7 Å². The molecule has 4 nitrogen and oxygen atoms in total. The highest BCUT2D eigenvalue weighted by molar-refractivity contribution is 5.89. The normalized spacial score (nSPS) is 11.1. The minimum Gasteiger partial charge on any atom is -0.465 e. The van der Waals surface area contributed by atoms with Gasteiger partial charge in [-0.25, -0.2) is 4.79 Å². The number of benzene rings is 2. The molecular weight excluding hydrogens is 336 g/mol. The van der Waals surface area contributed by atoms with E-state index < -0.39 is 0 Å². The van der Waals surface area contributed by atoms with Crippen LogP contribution in [-0.2, 0) is 4.74 Å². The van der Waals surface area contributed by atoms with Gasteiger partial charge in [0.05, 0.1) is 18.4 Å². The quantitative estimate of drug-likeness (QED) is 0.471. The summed E-state index contributed by atoms with van der Waals surface area (Å²) < 4.78 is 6.92. The highest BCUT2D eigenvalue weighted by atomic mass is 16.5. The van der Waals surface area contributed by atoms with Crippen LogP contribution in [-0.4, -0.2) is 23.9 Å². The molecule has 4 heteroatoms. The van der Waals surface area contributed by atoms with E-state index in [9.17, 15) is 4.79 Å². The molecule has 1 aromatic heterocycles. The smallest absolute Gasteiger partial charge is 0.337 e. The summed E-state index contributed by atoms with van der Waals surface area (Å²) in [7, 11) is 1.39. The van der Waals surface area contributed by atoms with E-state index in [2.05, 4.69) is 55.5 Å². The van der Waals surface area contributed by atoms with E-state index in [1.165, 1.54) is 18.2 Å². The van der Waals surface area contributed by atoms with Gasteiger partial charge in [-0.3, -0.25) is 4.99 Å². The number of rotatable bonds is 4. The lowest BCUT2D eigenvalue weighted by molar-refractivity contribution is 0.0601. The summed E-state index contributed by atoms with van der Waals surface area (Å²) in [6.07, 6.45) is 1.92. The van der Waals surface area contributed by atoms with Crippen molar-refractivity contribution >= 4 is 17.9 Å². The number of aromatic nitrogens is 1. The zero-order valence-corrected chi connectivity index (χ0v) is 16.4. The Bertz CT molecular complexity index is 1010. The molecule has 3 rings (SSSR count). The molecule has 138 valence electrons. The van der Waals surface area contributed by atoms with E-state index in [0.29, 0.717) is 5.56 Å². The number of methoxy groups -OCH3 is 1. The average Bonchev–Trinajstić information content (AvgIpc) is 2.94. The third-order valence-corrected chi connectivity index (χ3v) is 4.71. The van der Waals surface area contributed by atoms with E-state index in [1.54, 1.807) is 12.1 Å². The highest BCUT2D eigenvalue weighted by Gasteiger charge is 2.11. The Labute approximate surface area is 160 Å². The van der Waals surface area contributed by atoms with Crippen molar-refractivity contribution in [2.45, 2.75) is 27.7 Å². The molecule has 0 atom stereocenters. The molecule has 0 bridgehead atoms. The molecule has 0 fully saturated rings. The second-order valence-electron chi connectivity index (χ2n) is 6.75. The van der Waals surface area contributed by atoms with Crippen molar-refractivity contribution in [3.05, 3.63) is 82.2 Å². The fourth-order valence-electron chi connectivity index (χ4n) is 3.27. The zero-order valence-electron chi connectivity index (χ0n) is 16.4. The molecular formula is C23H24N2O2. The summed E-state index contributed by atoms with van der Waals surface area (Å²) >= 11 is 0. The number of carbonyl (C=O) groups excluding carboxylic acids is 1. The molecule has 0 unspecified atom stereocenters. The van der Waals surface area contributed by atoms with Crippen LogP contribution < -0.4 is 0 Å². The molecule has 0 radical (unpaired) electrons. The Morgan fingerprint density at radius 2 is 1.70 bits per heavy atom. The Balaban J connectivity index is 1.93. The fourth-order valence-corrected chi connectivity index (χ4v) is 3.27. The Kier molecular flexibility index (Phi) is 5.26. The van der Waals surface area contributed by atoms with E-state index in [4.69, 9.17) is 4.74 Å². The molecule has 0 aliphatic carbocycles. The Morgan fingerprint density at radius 3 is 2.33 bits per heavy atom. The monoisotopic (exact) mass is 360 g/mol. The first-order valence-electron chi connectivity index (χ1n) is 8.89. The van der Waals surface area contributed by atoms with Crippen LogP contribution >= 0.6 is 0 Å². The lowest BCUT2D eigenvalue weighted by Crippen LogP contribution is -2.03. The second-order valence-corrected chi connectivity index (χ2v) is 6.75. The molecule has 0 spiro atoms. The summed E-state index contributed by atoms with van der Waals surface area (Å²) in [4.78, 5) is 16.3. The van der Waals surface area contributed by atoms with Crippen LogP contribution in [0.4, 0.5) is 5.69 Å². The topological polar surface area (TPSA) is 43.6 Å². The number of nitrogens with zero attached hydrogens (tertiary/aromatic N) is 2. The molecule has 0 saturated carbocycles. The second kappa shape index (κ2) is 7.62. The number of aliphatic imine (C=N–C) groups is 1. The van der Waals surface area contributed by atoms with Crippen molar-refractivity contribution in [1.82, 2.24) is 4.57 Å². The van der Waals surface area contributed by atoms with Crippen molar-refractivity contribution in [2.24, 2.45) is 4.99 Å². The van der Waals surface area contributed by atoms with E-state index >= 15 is 0 Å². The van der Waals surface area contributed by atoms with Gasteiger partial charge in [-0.15, -0.1) is 0 Å². The van der Waals surface area contributed by atoms with Gasteiger partial charge in [0.1, 0.15) is 0 Å². The molecule has 3 aromatic rings. The van der Waals surface area contributed by atoms with Crippen LogP contribution in [0.5, 0.6) is 0 Å². The first kappa shape index (κ1) is 18.6. The van der Waals surface area contributed by atoms with Crippen LogP contribution in [0.1, 0.15) is 38.4 Å². The molecule has 0 saturated heterocycles. The van der Waals surface area contributed by atoms with Crippen molar-refractivity contribution in [2.75, 3.05) is 7.11 Å². The minimum atomic E-state index is -0.330. The van der Waals surface area contributed by atoms with Gasteiger partial charge in [-0.1, -0.05) is 17.7 Å². The van der Waals surface area contributed by atoms with Crippen molar-refractivity contribution < 1.29 is 9.53 Å². The predicted molar refractivity (Wildman–Crippen MR) is 110 cm³/mol. The van der Waals surface area contributed by atoms with Gasteiger partial charge in [0.25, 0.3) is 0 Å². The highest BCUT2D eigenvalue weighted by Crippen LogP contribution is 2.23. The van der Waals surface area contributed by atoms with Gasteiger partial charge < -0.3 is 9.30 Å². The molecule has 0 aliphatic heterocycles. The average molecular weight is 360 g/mol. The fraction of sp³-hybridized carbons (Fsp3) is 0.217. The minimum absolute atomic E-state index is 0.330. The third kappa shape index (κ3) is 3.85. The van der Waals surface area contributed by atoms with Crippen LogP contribution in [0, 0.1) is 27.7 Å². The molecule has 0 N–H and O–H groups in total. The van der Waals surface area contributed by atoms with E-state index in [0.717, 1.165) is 28.3 Å². The first-order valence-corrected chi connectivity index (χ1v) is 8.89. The predicted octanol–water partition coefficient (Wildman–Crippen LogP) is 5.25. The van der Waals surface area contributed by atoms with Gasteiger partial charge in [0.2, 0.25) is 0 Å². The maximum Gasteiger partial charge on any atom is 0.337 e. The summed E-state index contributed by atoms with van der Waals surface area (Å²) in [5, 5.41) is 0. The summed E-state index contributed by atoms with van der Waals surface area (Å²) in [5.74, 6) is -0.330. The van der Waals surface area contributed by atoms with Gasteiger partial charge in [0.15, 0.2) is 0 Å². The number of hydrogen-bond donors (Lipinski definition) is 0. The van der Waals surface area contributed by atoms with Crippen LogP contribution in [0.3, 0.4) is 0 Å². The van der Waals surface area contributed by atoms with Crippen molar-refractivity contribution in [1.29, 1.82) is 0 Å². The standard InChI is InChI=1S/C23H24N2O2/c1-15-6-11-22(16(2)12-15)24-14-20-13-17(3)25(18(20)4)21-9-7-19(8-10-21)23(26)27-5/h6-14H,1-5H3. The first-order chi connectivity index (χ1) is 12.9. The number of carbonyl (C=O) groups is 1. The zero-order chi connectivity index (χ0) is 19.6. The Morgan fingerprint density at radius 1 is 1.00 bits per heavy atom. The summed E-state index contributed by atoms with van der Waals surface area (Å²) in [5.41, 5.74) is 8.22. The Hall–Kier alpha value is -3.14. The van der Waals surface area contributed by atoms with Crippen LogP contribution in [0.15, 0.2) is 53.5 Å². The number of esters is 1. The molecule has 2 aromatic carbocycles. The maximum atomic E-state index is 11.6. The number of ether oxygens (including phenoxy) is 1. The summed E-state index contributed by atoms with van der Waals surface area (Å²) in [6.45, 7) is 8.30. The van der Waals surface area contributed by atoms with Crippen LogP contribution in [0.25, 0.3) is 5.69 Å². The molecule has 0 amide bonds. The number of hydrogen-bond acceptors (Lipinski definition) is 3. The van der Waals surface area contributed by atoms with E-state index in [1.807, 2.05) is 24.4 Å². The molecule has 0 aliphatic rings. The van der Waals surface area contributed by atoms with Crippen LogP contribution in [0.2, 0.25) is 0 Å². The lowest BCUT2D eigenvalue weighted by Gasteiger charge is -2.10. The van der Waals surface area contributed by atoms with Gasteiger partial charge in [0, 0.05) is 28.9 Å². The SMILES string of the molecule is COC(=O)c1ccc(-n2c(C)cc(C=Nc3ccc(C)cc3C)c2C)cc1. The largest absolute Gasteiger partial charge is 0.465 e. The molecule has 27 heavy (non-hydrogen) atoms. The van der Waals surface area contributed by atoms with Crippen molar-refractivity contribution in [3.63, 3.8) is 0 Å². The van der Waals surface area contributed by atoms with E-state index in [-0.39, 0.29) is 5.97 Å². The van der Waals surface area contributed by atoms with Gasteiger partial charge >= 0.3 is 5.97 Å². The summed E-state index contributed by atoms with van der Waals surface area (Å²) in [6, 6.07) is 15.8. The third-order valence-electron chi connectivity index (χ3n) is 4.71. The van der Waals surface area contributed by atoms with Gasteiger partial charge in [-0.2, -0.15) is 0 Å². The lowest BCUT2D eigenvalue weighted by atomic mass is 10.1. The van der Waals surface area contributed by atoms with Crippen molar-refractivity contribution in [3.8, 4) is 5.69 Å². The maximum absolute atomic E-state index is 11.6. The molecule has 1 heterocycles. The number of aryl methyl sites for hydroxylation is 3.